The lowest BCUT2D eigenvalue weighted by molar-refractivity contribution is 1.17. The van der Waals surface area contributed by atoms with Gasteiger partial charge in [-0.25, -0.2) is 4.99 Å². The molecule has 0 bridgehead atoms. The van der Waals surface area contributed by atoms with E-state index in [1.807, 2.05) is 13.0 Å². The molecule has 0 saturated heterocycles. The number of aliphatic imine (C=N–C) groups is 2. The molecule has 0 saturated carbocycles. The lowest BCUT2D eigenvalue weighted by Gasteiger charge is -2.05. The molecule has 0 amide bonds. The SMILES string of the molecule is CC1=NC(N)=CCN=C1c1ccc(C)cc1. The van der Waals surface area contributed by atoms with Crippen LogP contribution in [0.3, 0.4) is 0 Å². The highest BCUT2D eigenvalue weighted by Crippen LogP contribution is 2.09. The van der Waals surface area contributed by atoms with Gasteiger partial charge in [0.2, 0.25) is 0 Å². The van der Waals surface area contributed by atoms with Crippen LogP contribution in [-0.4, -0.2) is 18.0 Å². The first-order valence-electron chi connectivity index (χ1n) is 5.29. The van der Waals surface area contributed by atoms with Crippen molar-refractivity contribution in [2.75, 3.05) is 6.54 Å². The van der Waals surface area contributed by atoms with Gasteiger partial charge < -0.3 is 5.73 Å². The second kappa shape index (κ2) is 4.31. The van der Waals surface area contributed by atoms with Gasteiger partial charge in [0.05, 0.1) is 18.0 Å². The predicted octanol–water partition coefficient (Wildman–Crippen LogP) is 2.06. The van der Waals surface area contributed by atoms with E-state index in [0.29, 0.717) is 12.4 Å². The summed E-state index contributed by atoms with van der Waals surface area (Å²) in [5.74, 6) is 0.545. The Morgan fingerprint density at radius 1 is 1.12 bits per heavy atom. The molecule has 1 heterocycles. The van der Waals surface area contributed by atoms with Crippen molar-refractivity contribution in [1.29, 1.82) is 0 Å². The van der Waals surface area contributed by atoms with E-state index in [2.05, 4.69) is 41.2 Å². The maximum atomic E-state index is 5.69. The van der Waals surface area contributed by atoms with Crippen LogP contribution < -0.4 is 5.73 Å². The van der Waals surface area contributed by atoms with Gasteiger partial charge in [-0.15, -0.1) is 0 Å². The predicted molar refractivity (Wildman–Crippen MR) is 68.0 cm³/mol. The van der Waals surface area contributed by atoms with Crippen LogP contribution >= 0.6 is 0 Å². The van der Waals surface area contributed by atoms with Gasteiger partial charge in [0, 0.05) is 5.56 Å². The van der Waals surface area contributed by atoms with Crippen molar-refractivity contribution < 1.29 is 0 Å². The minimum atomic E-state index is 0.545. The third kappa shape index (κ3) is 2.19. The molecule has 0 aliphatic carbocycles. The van der Waals surface area contributed by atoms with Crippen LogP contribution in [0.15, 0.2) is 46.1 Å². The number of rotatable bonds is 1. The van der Waals surface area contributed by atoms with Crippen LogP contribution in [-0.2, 0) is 0 Å². The van der Waals surface area contributed by atoms with Crippen LogP contribution in [0, 0.1) is 6.92 Å². The quantitative estimate of drug-likeness (QED) is 0.762. The normalized spacial score (nSPS) is 16.0. The van der Waals surface area contributed by atoms with Crippen molar-refractivity contribution in [1.82, 2.24) is 0 Å². The largest absolute Gasteiger partial charge is 0.384 e. The van der Waals surface area contributed by atoms with E-state index < -0.39 is 0 Å². The van der Waals surface area contributed by atoms with Gasteiger partial charge in [-0.3, -0.25) is 4.99 Å². The highest BCUT2D eigenvalue weighted by Gasteiger charge is 2.09. The fourth-order valence-electron chi connectivity index (χ4n) is 1.65. The molecule has 1 aromatic carbocycles. The summed E-state index contributed by atoms with van der Waals surface area (Å²) in [5.41, 5.74) is 9.82. The van der Waals surface area contributed by atoms with Crippen LogP contribution in [0.5, 0.6) is 0 Å². The molecular formula is C13H15N3. The number of nitrogens with two attached hydrogens (primary N) is 1. The molecule has 0 radical (unpaired) electrons. The Balaban J connectivity index is 2.38. The molecular weight excluding hydrogens is 198 g/mol. The molecule has 0 aromatic heterocycles. The summed E-state index contributed by atoms with van der Waals surface area (Å²) >= 11 is 0. The number of benzene rings is 1. The molecule has 0 unspecified atom stereocenters. The fraction of sp³-hybridized carbons (Fsp3) is 0.231. The third-order valence-corrected chi connectivity index (χ3v) is 2.51. The van der Waals surface area contributed by atoms with Gasteiger partial charge in [-0.1, -0.05) is 29.8 Å². The van der Waals surface area contributed by atoms with Crippen LogP contribution in [0.1, 0.15) is 18.1 Å². The molecule has 0 spiro atoms. The van der Waals surface area contributed by atoms with E-state index >= 15 is 0 Å². The minimum Gasteiger partial charge on any atom is -0.384 e. The number of aryl methyl sites for hydroxylation is 1. The molecule has 1 aliphatic rings. The first-order chi connectivity index (χ1) is 7.66. The van der Waals surface area contributed by atoms with Crippen LogP contribution in [0.4, 0.5) is 0 Å². The maximum absolute atomic E-state index is 5.69. The molecule has 2 rings (SSSR count). The summed E-state index contributed by atoms with van der Waals surface area (Å²) < 4.78 is 0. The standard InChI is InChI=1S/C13H15N3/c1-9-3-5-11(6-4-9)13-10(2)16-12(14)7-8-15-13/h3-7H,8,14H2,1-2H3. The first-order valence-corrected chi connectivity index (χ1v) is 5.29. The lowest BCUT2D eigenvalue weighted by atomic mass is 10.1. The number of hydrogen-bond donors (Lipinski definition) is 1. The first kappa shape index (κ1) is 10.6. The van der Waals surface area contributed by atoms with Crippen molar-refractivity contribution >= 4 is 11.4 Å². The van der Waals surface area contributed by atoms with Gasteiger partial charge in [0.1, 0.15) is 5.82 Å². The summed E-state index contributed by atoms with van der Waals surface area (Å²) in [4.78, 5) is 8.77. The summed E-state index contributed by atoms with van der Waals surface area (Å²) in [6.45, 7) is 4.60. The van der Waals surface area contributed by atoms with Gasteiger partial charge in [0.25, 0.3) is 0 Å². The van der Waals surface area contributed by atoms with Crippen molar-refractivity contribution in [3.05, 3.63) is 47.3 Å². The maximum Gasteiger partial charge on any atom is 0.121 e. The monoisotopic (exact) mass is 213 g/mol. The Labute approximate surface area is 95.4 Å². The Hall–Kier alpha value is -1.90. The Morgan fingerprint density at radius 3 is 2.50 bits per heavy atom. The topological polar surface area (TPSA) is 50.7 Å². The zero-order valence-electron chi connectivity index (χ0n) is 9.57. The molecule has 1 aliphatic heterocycles. The molecule has 2 N–H and O–H groups in total. The molecule has 82 valence electrons. The summed E-state index contributed by atoms with van der Waals surface area (Å²) in [6, 6.07) is 8.28. The number of nitrogens with zero attached hydrogens (tertiary/aromatic N) is 2. The Morgan fingerprint density at radius 2 is 1.81 bits per heavy atom. The summed E-state index contributed by atoms with van der Waals surface area (Å²) in [6.07, 6.45) is 1.82. The lowest BCUT2D eigenvalue weighted by Crippen LogP contribution is -2.12. The molecule has 1 aromatic rings. The van der Waals surface area contributed by atoms with E-state index in [1.165, 1.54) is 5.56 Å². The summed E-state index contributed by atoms with van der Waals surface area (Å²) in [5, 5.41) is 0. The zero-order valence-corrected chi connectivity index (χ0v) is 9.57. The van der Waals surface area contributed by atoms with Crippen molar-refractivity contribution in [2.24, 2.45) is 15.7 Å². The Bertz CT molecular complexity index is 478. The van der Waals surface area contributed by atoms with E-state index in [4.69, 9.17) is 5.73 Å². The van der Waals surface area contributed by atoms with Gasteiger partial charge >= 0.3 is 0 Å². The second-order valence-electron chi connectivity index (χ2n) is 3.88. The highest BCUT2D eigenvalue weighted by molar-refractivity contribution is 6.47. The molecule has 0 atom stereocenters. The number of hydrogen-bond acceptors (Lipinski definition) is 3. The molecule has 3 nitrogen and oxygen atoms in total. The summed E-state index contributed by atoms with van der Waals surface area (Å²) in [7, 11) is 0. The van der Waals surface area contributed by atoms with Crippen LogP contribution in [0.2, 0.25) is 0 Å². The van der Waals surface area contributed by atoms with Crippen molar-refractivity contribution in [2.45, 2.75) is 13.8 Å². The molecule has 16 heavy (non-hydrogen) atoms. The van der Waals surface area contributed by atoms with Crippen molar-refractivity contribution in [3.63, 3.8) is 0 Å². The zero-order chi connectivity index (χ0) is 11.5. The van der Waals surface area contributed by atoms with Crippen LogP contribution in [0.25, 0.3) is 0 Å². The molecule has 0 fully saturated rings. The van der Waals surface area contributed by atoms with Gasteiger partial charge in [-0.05, 0) is 19.9 Å². The van der Waals surface area contributed by atoms with Gasteiger partial charge in [-0.2, -0.15) is 0 Å². The van der Waals surface area contributed by atoms with Gasteiger partial charge in [0.15, 0.2) is 0 Å². The minimum absolute atomic E-state index is 0.545. The smallest absolute Gasteiger partial charge is 0.121 e. The average Bonchev–Trinajstić information content (AvgIpc) is 2.41. The second-order valence-corrected chi connectivity index (χ2v) is 3.88. The fourth-order valence-corrected chi connectivity index (χ4v) is 1.65. The van der Waals surface area contributed by atoms with E-state index in [9.17, 15) is 0 Å². The van der Waals surface area contributed by atoms with E-state index in [0.717, 1.165) is 17.0 Å². The van der Waals surface area contributed by atoms with E-state index in [1.54, 1.807) is 0 Å². The molecule has 3 heteroatoms. The Kier molecular flexibility index (Phi) is 2.86. The van der Waals surface area contributed by atoms with Crippen molar-refractivity contribution in [3.8, 4) is 0 Å². The third-order valence-electron chi connectivity index (χ3n) is 2.51. The highest BCUT2D eigenvalue weighted by atomic mass is 14.9. The van der Waals surface area contributed by atoms with E-state index in [-0.39, 0.29) is 0 Å². The average molecular weight is 213 g/mol.